The summed E-state index contributed by atoms with van der Waals surface area (Å²) in [6.45, 7) is 6.14. The monoisotopic (exact) mass is 413 g/mol. The molecule has 1 spiro atoms. The Labute approximate surface area is 163 Å². The number of hydrogen-bond acceptors (Lipinski definition) is 5. The lowest BCUT2D eigenvalue weighted by Crippen LogP contribution is -2.74. The Morgan fingerprint density at radius 3 is 2.36 bits per heavy atom. The molecule has 1 aromatic heterocycles. The van der Waals surface area contributed by atoms with E-state index >= 15 is 0 Å². The van der Waals surface area contributed by atoms with Gasteiger partial charge in [0.05, 0.1) is 17.3 Å². The van der Waals surface area contributed by atoms with E-state index in [1.165, 1.54) is 16.4 Å². The normalized spacial score (nSPS) is 30.0. The van der Waals surface area contributed by atoms with E-state index in [0.29, 0.717) is 24.8 Å². The third-order valence-corrected chi connectivity index (χ3v) is 8.59. The zero-order chi connectivity index (χ0) is 19.7. The fourth-order valence-electron chi connectivity index (χ4n) is 4.90. The molecule has 1 aliphatic carbocycles. The smallest absolute Gasteiger partial charge is 0.257 e. The molecule has 0 N–H and O–H groups in total. The van der Waals surface area contributed by atoms with E-state index in [1.54, 1.807) is 6.92 Å². The van der Waals surface area contributed by atoms with E-state index < -0.39 is 21.9 Å². The molecule has 154 valence electrons. The van der Waals surface area contributed by atoms with E-state index in [1.807, 2.05) is 0 Å². The first-order valence-corrected chi connectivity index (χ1v) is 11.3. The SMILES string of the molecule is Cc1nc(C2CC2(F)F)ccc1S(=O)(=O)N1CC2(CN(C3CCOCC3)C2)C1. The third kappa shape index (κ3) is 2.98. The zero-order valence-corrected chi connectivity index (χ0v) is 16.7. The van der Waals surface area contributed by atoms with Crippen molar-refractivity contribution in [3.63, 3.8) is 0 Å². The van der Waals surface area contributed by atoms with Crippen molar-refractivity contribution in [1.29, 1.82) is 0 Å². The predicted octanol–water partition coefficient (Wildman–Crippen LogP) is 2.00. The number of hydrogen-bond donors (Lipinski definition) is 0. The molecule has 4 fully saturated rings. The van der Waals surface area contributed by atoms with Crippen molar-refractivity contribution < 1.29 is 21.9 Å². The molecule has 0 aromatic carbocycles. The third-order valence-electron chi connectivity index (χ3n) is 6.67. The fraction of sp³-hybridized carbons (Fsp3) is 0.737. The molecule has 3 saturated heterocycles. The van der Waals surface area contributed by atoms with Gasteiger partial charge >= 0.3 is 0 Å². The number of ether oxygens (including phenoxy) is 1. The lowest BCUT2D eigenvalue weighted by molar-refractivity contribution is -0.116. The van der Waals surface area contributed by atoms with Crippen LogP contribution in [0.25, 0.3) is 0 Å². The number of aryl methyl sites for hydroxylation is 1. The minimum absolute atomic E-state index is 0.0721. The van der Waals surface area contributed by atoms with Crippen LogP contribution in [0.15, 0.2) is 17.0 Å². The molecular weight excluding hydrogens is 388 g/mol. The van der Waals surface area contributed by atoms with Gasteiger partial charge in [-0.15, -0.1) is 0 Å². The van der Waals surface area contributed by atoms with Crippen molar-refractivity contribution in [2.24, 2.45) is 5.41 Å². The van der Waals surface area contributed by atoms with Crippen LogP contribution in [-0.4, -0.2) is 74.0 Å². The molecule has 0 bridgehead atoms. The van der Waals surface area contributed by atoms with Crippen LogP contribution in [-0.2, 0) is 14.8 Å². The molecule has 6 nitrogen and oxygen atoms in total. The summed E-state index contributed by atoms with van der Waals surface area (Å²) in [4.78, 5) is 6.76. The van der Waals surface area contributed by atoms with Crippen molar-refractivity contribution in [1.82, 2.24) is 14.2 Å². The molecule has 1 unspecified atom stereocenters. The lowest BCUT2D eigenvalue weighted by atomic mass is 9.73. The molecule has 9 heteroatoms. The lowest BCUT2D eigenvalue weighted by Gasteiger charge is -2.61. The number of nitrogens with zero attached hydrogens (tertiary/aromatic N) is 3. The summed E-state index contributed by atoms with van der Waals surface area (Å²) in [6, 6.07) is 3.45. The highest BCUT2D eigenvalue weighted by molar-refractivity contribution is 7.89. The summed E-state index contributed by atoms with van der Waals surface area (Å²) in [5.74, 6) is -3.58. The highest BCUT2D eigenvalue weighted by Gasteiger charge is 2.59. The maximum atomic E-state index is 13.3. The quantitative estimate of drug-likeness (QED) is 0.756. The summed E-state index contributed by atoms with van der Waals surface area (Å²) in [5, 5.41) is 0. The van der Waals surface area contributed by atoms with Crippen molar-refractivity contribution in [3.05, 3.63) is 23.5 Å². The van der Waals surface area contributed by atoms with E-state index in [-0.39, 0.29) is 22.4 Å². The van der Waals surface area contributed by atoms with Crippen LogP contribution in [0, 0.1) is 12.3 Å². The van der Waals surface area contributed by atoms with E-state index in [4.69, 9.17) is 4.74 Å². The van der Waals surface area contributed by atoms with Gasteiger partial charge in [0.25, 0.3) is 5.92 Å². The maximum Gasteiger partial charge on any atom is 0.257 e. The number of aromatic nitrogens is 1. The van der Waals surface area contributed by atoms with Crippen molar-refractivity contribution >= 4 is 10.0 Å². The van der Waals surface area contributed by atoms with Gasteiger partial charge in [-0.3, -0.25) is 9.88 Å². The van der Waals surface area contributed by atoms with Crippen LogP contribution >= 0.6 is 0 Å². The molecule has 1 atom stereocenters. The first kappa shape index (κ1) is 18.8. The molecule has 0 amide bonds. The van der Waals surface area contributed by atoms with Crippen molar-refractivity contribution in [2.45, 2.75) is 49.0 Å². The Bertz CT molecular complexity index is 888. The highest BCUT2D eigenvalue weighted by Crippen LogP contribution is 2.55. The fourth-order valence-corrected chi connectivity index (χ4v) is 6.73. The van der Waals surface area contributed by atoms with Crippen molar-refractivity contribution in [2.75, 3.05) is 39.4 Å². The van der Waals surface area contributed by atoms with Gasteiger partial charge in [0.2, 0.25) is 10.0 Å². The first-order chi connectivity index (χ1) is 13.2. The second-order valence-corrected chi connectivity index (χ2v) is 10.8. The maximum absolute atomic E-state index is 13.3. The van der Waals surface area contributed by atoms with E-state index in [2.05, 4.69) is 9.88 Å². The highest BCUT2D eigenvalue weighted by atomic mass is 32.2. The molecule has 28 heavy (non-hydrogen) atoms. The van der Waals surface area contributed by atoms with Crippen LogP contribution in [0.5, 0.6) is 0 Å². The number of rotatable bonds is 4. The molecular formula is C19H25F2N3O3S. The summed E-state index contributed by atoms with van der Waals surface area (Å²) < 4.78 is 59.4. The molecule has 1 aromatic rings. The largest absolute Gasteiger partial charge is 0.381 e. The summed E-state index contributed by atoms with van der Waals surface area (Å²) in [7, 11) is -3.63. The van der Waals surface area contributed by atoms with Crippen LogP contribution in [0.3, 0.4) is 0 Å². The number of halogens is 2. The summed E-state index contributed by atoms with van der Waals surface area (Å²) >= 11 is 0. The van der Waals surface area contributed by atoms with E-state index in [0.717, 1.165) is 39.1 Å². The Balaban J connectivity index is 1.23. The molecule has 1 saturated carbocycles. The van der Waals surface area contributed by atoms with Gasteiger partial charge in [-0.1, -0.05) is 0 Å². The Morgan fingerprint density at radius 2 is 1.79 bits per heavy atom. The Hall–Kier alpha value is -1.16. The Morgan fingerprint density at radius 1 is 1.14 bits per heavy atom. The van der Waals surface area contributed by atoms with Crippen LogP contribution < -0.4 is 0 Å². The van der Waals surface area contributed by atoms with Crippen molar-refractivity contribution in [3.8, 4) is 0 Å². The average molecular weight is 413 g/mol. The molecule has 4 heterocycles. The topological polar surface area (TPSA) is 62.7 Å². The molecule has 4 aliphatic rings. The van der Waals surface area contributed by atoms with Gasteiger partial charge in [-0.2, -0.15) is 4.31 Å². The van der Waals surface area contributed by atoms with Gasteiger partial charge in [0, 0.05) is 57.3 Å². The van der Waals surface area contributed by atoms with Gasteiger partial charge in [0.15, 0.2) is 0 Å². The number of pyridine rings is 1. The summed E-state index contributed by atoms with van der Waals surface area (Å²) in [5.41, 5.74) is 0.661. The van der Waals surface area contributed by atoms with Crippen LogP contribution in [0.1, 0.15) is 36.6 Å². The Kier molecular flexibility index (Phi) is 4.15. The standard InChI is InChI=1S/C19H25F2N3O3S/c1-13-17(3-2-16(22-13)15-8-19(15,20)21)28(25,26)24-11-18(12-24)9-23(10-18)14-4-6-27-7-5-14/h2-3,14-15H,4-12H2,1H3. The van der Waals surface area contributed by atoms with Crippen LogP contribution in [0.4, 0.5) is 8.78 Å². The molecule has 3 aliphatic heterocycles. The molecule has 0 radical (unpaired) electrons. The second-order valence-electron chi connectivity index (χ2n) is 8.86. The predicted molar refractivity (Wildman–Crippen MR) is 97.9 cm³/mol. The van der Waals surface area contributed by atoms with Crippen LogP contribution in [0.2, 0.25) is 0 Å². The molecule has 5 rings (SSSR count). The second kappa shape index (κ2) is 6.17. The number of alkyl halides is 2. The minimum Gasteiger partial charge on any atom is -0.381 e. The summed E-state index contributed by atoms with van der Waals surface area (Å²) in [6.07, 6.45) is 1.90. The van der Waals surface area contributed by atoms with Gasteiger partial charge in [-0.25, -0.2) is 17.2 Å². The zero-order valence-electron chi connectivity index (χ0n) is 15.9. The minimum atomic E-state index is -3.63. The van der Waals surface area contributed by atoms with Gasteiger partial charge in [-0.05, 0) is 31.9 Å². The van der Waals surface area contributed by atoms with E-state index in [9.17, 15) is 17.2 Å². The van der Waals surface area contributed by atoms with Gasteiger partial charge < -0.3 is 4.74 Å². The number of likely N-dealkylation sites (tertiary alicyclic amines) is 1. The average Bonchev–Trinajstić information content (AvgIpc) is 3.21. The first-order valence-electron chi connectivity index (χ1n) is 9.88. The van der Waals surface area contributed by atoms with Gasteiger partial charge in [0.1, 0.15) is 4.90 Å². The number of sulfonamides is 1.